The third kappa shape index (κ3) is 4.62. The van der Waals surface area contributed by atoms with Crippen LogP contribution in [0.5, 0.6) is 0 Å². The number of carbonyl (C=O) groups excluding carboxylic acids is 1. The fourth-order valence-corrected chi connectivity index (χ4v) is 6.03. The number of ether oxygens (including phenoxy) is 1. The van der Waals surface area contributed by atoms with E-state index < -0.39 is 26.8 Å². The van der Waals surface area contributed by atoms with Gasteiger partial charge in [-0.1, -0.05) is 54.1 Å². The lowest BCUT2D eigenvalue weighted by molar-refractivity contribution is -0.384. The SMILES string of the molecule is CC(C(=O)OCc1ccccc1)c1ccc2c3cc(Cl)ccc3n(S(=O)(=O)c3ccc([N+](=O)[O-])cc3)c2c1. The van der Waals surface area contributed by atoms with Gasteiger partial charge >= 0.3 is 5.97 Å². The Morgan fingerprint density at radius 1 is 0.947 bits per heavy atom. The van der Waals surface area contributed by atoms with Gasteiger partial charge in [0.05, 0.1) is 26.8 Å². The van der Waals surface area contributed by atoms with Crippen LogP contribution in [0.4, 0.5) is 5.69 Å². The van der Waals surface area contributed by atoms with Gasteiger partial charge in [0.1, 0.15) is 6.61 Å². The van der Waals surface area contributed by atoms with Gasteiger partial charge in [0.15, 0.2) is 0 Å². The zero-order chi connectivity index (χ0) is 27.0. The Labute approximate surface area is 223 Å². The van der Waals surface area contributed by atoms with Crippen LogP contribution in [0.15, 0.2) is 95.9 Å². The van der Waals surface area contributed by atoms with Gasteiger partial charge in [0.2, 0.25) is 0 Å². The first kappa shape index (κ1) is 25.4. The van der Waals surface area contributed by atoms with E-state index in [0.717, 1.165) is 17.7 Å². The summed E-state index contributed by atoms with van der Waals surface area (Å²) in [6.07, 6.45) is 0. The van der Waals surface area contributed by atoms with Gasteiger partial charge in [-0.05, 0) is 54.4 Å². The first-order valence-electron chi connectivity index (χ1n) is 11.6. The van der Waals surface area contributed by atoms with Crippen molar-refractivity contribution in [3.05, 3.63) is 117 Å². The highest BCUT2D eigenvalue weighted by Gasteiger charge is 2.26. The summed E-state index contributed by atoms with van der Waals surface area (Å²) in [5.74, 6) is -1.11. The van der Waals surface area contributed by atoms with Crippen LogP contribution in [-0.2, 0) is 26.2 Å². The quantitative estimate of drug-likeness (QED) is 0.131. The van der Waals surface area contributed by atoms with Crippen molar-refractivity contribution in [1.29, 1.82) is 0 Å². The highest BCUT2D eigenvalue weighted by Crippen LogP contribution is 2.36. The van der Waals surface area contributed by atoms with E-state index in [1.807, 2.05) is 30.3 Å². The number of nitrogens with zero attached hydrogens (tertiary/aromatic N) is 2. The average Bonchev–Trinajstić information content (AvgIpc) is 3.25. The maximum atomic E-state index is 13.8. The summed E-state index contributed by atoms with van der Waals surface area (Å²) in [6.45, 7) is 1.82. The van der Waals surface area contributed by atoms with Gasteiger partial charge in [0, 0.05) is 27.9 Å². The van der Waals surface area contributed by atoms with Crippen LogP contribution in [0.25, 0.3) is 21.8 Å². The van der Waals surface area contributed by atoms with Crippen LogP contribution in [0.2, 0.25) is 5.02 Å². The number of nitro benzene ring substituents is 1. The second kappa shape index (κ2) is 9.92. The minimum absolute atomic E-state index is 0.113. The van der Waals surface area contributed by atoms with E-state index in [1.54, 1.807) is 43.3 Å². The number of halogens is 1. The molecule has 192 valence electrons. The molecule has 10 heteroatoms. The summed E-state index contributed by atoms with van der Waals surface area (Å²) in [5.41, 5.74) is 1.95. The van der Waals surface area contributed by atoms with Crippen LogP contribution in [0.1, 0.15) is 24.0 Å². The average molecular weight is 549 g/mol. The minimum Gasteiger partial charge on any atom is -0.460 e. The molecule has 4 aromatic carbocycles. The maximum absolute atomic E-state index is 13.8. The number of fused-ring (bicyclic) bond motifs is 3. The molecular formula is C28H21ClN2O6S. The maximum Gasteiger partial charge on any atom is 0.313 e. The van der Waals surface area contributed by atoms with E-state index in [1.165, 1.54) is 16.1 Å². The lowest BCUT2D eigenvalue weighted by Gasteiger charge is -2.14. The molecule has 1 unspecified atom stereocenters. The molecule has 1 heterocycles. The topological polar surface area (TPSA) is 109 Å². The summed E-state index contributed by atoms with van der Waals surface area (Å²) in [5, 5.41) is 12.7. The van der Waals surface area contributed by atoms with Gasteiger partial charge in [-0.25, -0.2) is 12.4 Å². The molecule has 0 aliphatic rings. The fourth-order valence-electron chi connectivity index (χ4n) is 4.34. The van der Waals surface area contributed by atoms with Crippen LogP contribution in [0, 0.1) is 10.1 Å². The number of hydrogen-bond donors (Lipinski definition) is 0. The molecule has 0 aliphatic heterocycles. The molecule has 0 saturated carbocycles. The predicted molar refractivity (Wildman–Crippen MR) is 145 cm³/mol. The number of carbonyl (C=O) groups is 1. The molecule has 0 radical (unpaired) electrons. The lowest BCUT2D eigenvalue weighted by atomic mass is 9.99. The van der Waals surface area contributed by atoms with Gasteiger partial charge in [-0.3, -0.25) is 14.9 Å². The monoisotopic (exact) mass is 548 g/mol. The molecule has 0 saturated heterocycles. The smallest absolute Gasteiger partial charge is 0.313 e. The Bertz CT molecular complexity index is 1800. The van der Waals surface area contributed by atoms with Crippen LogP contribution in [0.3, 0.4) is 0 Å². The number of hydrogen-bond acceptors (Lipinski definition) is 6. The Morgan fingerprint density at radius 2 is 1.66 bits per heavy atom. The standard InChI is InChI=1S/C28H21ClN2O6S/c1-18(28(32)37-17-19-5-3-2-4-6-19)20-7-13-24-25-16-21(29)8-14-26(25)30(27(24)15-20)38(35,36)23-11-9-22(10-12-23)31(33)34/h2-16,18H,17H2,1H3. The zero-order valence-corrected chi connectivity index (χ0v) is 21.6. The van der Waals surface area contributed by atoms with Gasteiger partial charge in [0.25, 0.3) is 15.7 Å². The zero-order valence-electron chi connectivity index (χ0n) is 20.1. The number of esters is 1. The Hall–Kier alpha value is -4.21. The van der Waals surface area contributed by atoms with Crippen molar-refractivity contribution in [2.24, 2.45) is 0 Å². The molecule has 8 nitrogen and oxygen atoms in total. The molecular weight excluding hydrogens is 528 g/mol. The molecule has 38 heavy (non-hydrogen) atoms. The van der Waals surface area contributed by atoms with E-state index >= 15 is 0 Å². The molecule has 0 fully saturated rings. The Morgan fingerprint density at radius 3 is 2.34 bits per heavy atom. The summed E-state index contributed by atoms with van der Waals surface area (Å²) in [6, 6.07) is 24.1. The van der Waals surface area contributed by atoms with Crippen LogP contribution in [-0.4, -0.2) is 23.3 Å². The van der Waals surface area contributed by atoms with Crippen molar-refractivity contribution in [1.82, 2.24) is 3.97 Å². The molecule has 0 amide bonds. The molecule has 5 rings (SSSR count). The van der Waals surface area contributed by atoms with Gasteiger partial charge in [-0.2, -0.15) is 0 Å². The summed E-state index contributed by atoms with van der Waals surface area (Å²) in [4.78, 5) is 23.2. The van der Waals surface area contributed by atoms with Crippen molar-refractivity contribution in [3.8, 4) is 0 Å². The Kier molecular flexibility index (Phi) is 6.64. The molecule has 0 N–H and O–H groups in total. The minimum atomic E-state index is -4.18. The summed E-state index contributed by atoms with van der Waals surface area (Å²) < 4.78 is 34.3. The summed E-state index contributed by atoms with van der Waals surface area (Å²) in [7, 11) is -4.18. The number of benzene rings is 4. The number of non-ortho nitro benzene ring substituents is 1. The molecule has 5 aromatic rings. The van der Waals surface area contributed by atoms with E-state index in [0.29, 0.717) is 32.4 Å². The van der Waals surface area contributed by atoms with Crippen molar-refractivity contribution in [3.63, 3.8) is 0 Å². The third-order valence-electron chi connectivity index (χ3n) is 6.37. The van der Waals surface area contributed by atoms with E-state index in [9.17, 15) is 23.3 Å². The second-order valence-electron chi connectivity index (χ2n) is 8.77. The normalized spacial score (nSPS) is 12.5. The van der Waals surface area contributed by atoms with Crippen molar-refractivity contribution < 1.29 is 22.9 Å². The highest BCUT2D eigenvalue weighted by atomic mass is 35.5. The molecule has 1 aromatic heterocycles. The van der Waals surface area contributed by atoms with E-state index in [2.05, 4.69) is 0 Å². The lowest BCUT2D eigenvalue weighted by Crippen LogP contribution is -2.15. The van der Waals surface area contributed by atoms with Crippen LogP contribution >= 0.6 is 11.6 Å². The summed E-state index contributed by atoms with van der Waals surface area (Å²) >= 11 is 6.23. The van der Waals surface area contributed by atoms with Crippen molar-refractivity contribution in [2.45, 2.75) is 24.3 Å². The second-order valence-corrected chi connectivity index (χ2v) is 11.0. The predicted octanol–water partition coefficient (Wildman–Crippen LogP) is 6.44. The van der Waals surface area contributed by atoms with Gasteiger partial charge < -0.3 is 4.74 Å². The first-order chi connectivity index (χ1) is 18.2. The number of rotatable bonds is 7. The fraction of sp³-hybridized carbons (Fsp3) is 0.107. The van der Waals surface area contributed by atoms with E-state index in [-0.39, 0.29) is 17.2 Å². The largest absolute Gasteiger partial charge is 0.460 e. The van der Waals surface area contributed by atoms with E-state index in [4.69, 9.17) is 16.3 Å². The van der Waals surface area contributed by atoms with Crippen molar-refractivity contribution in [2.75, 3.05) is 0 Å². The van der Waals surface area contributed by atoms with Gasteiger partial charge in [-0.15, -0.1) is 0 Å². The first-order valence-corrected chi connectivity index (χ1v) is 13.4. The highest BCUT2D eigenvalue weighted by molar-refractivity contribution is 7.90. The third-order valence-corrected chi connectivity index (χ3v) is 8.35. The molecule has 0 bridgehead atoms. The molecule has 1 atom stereocenters. The van der Waals surface area contributed by atoms with Crippen molar-refractivity contribution >= 4 is 55.1 Å². The molecule has 0 aliphatic carbocycles. The van der Waals surface area contributed by atoms with Crippen LogP contribution < -0.4 is 0 Å². The molecule has 0 spiro atoms. The Balaban J connectivity index is 1.60. The number of nitro groups is 1. The number of aromatic nitrogens is 1.